The molecule has 4 heterocycles. The van der Waals surface area contributed by atoms with Crippen molar-refractivity contribution < 1.29 is 9.47 Å². The van der Waals surface area contributed by atoms with Crippen LogP contribution in [0.25, 0.3) is 5.69 Å². The van der Waals surface area contributed by atoms with E-state index in [9.17, 15) is 0 Å². The van der Waals surface area contributed by atoms with Gasteiger partial charge in [-0.15, -0.1) is 10.2 Å². The van der Waals surface area contributed by atoms with Crippen LogP contribution >= 0.6 is 11.6 Å². The summed E-state index contributed by atoms with van der Waals surface area (Å²) in [7, 11) is 0. The monoisotopic (exact) mass is 450 g/mol. The smallest absolute Gasteiger partial charge is 0.213 e. The maximum atomic E-state index is 6.41. The van der Waals surface area contributed by atoms with Crippen molar-refractivity contribution in [2.24, 2.45) is 5.41 Å². The third kappa shape index (κ3) is 3.69. The minimum Gasteiger partial charge on any atom is -0.474 e. The van der Waals surface area contributed by atoms with Crippen LogP contribution in [0.1, 0.15) is 55.2 Å². The Morgan fingerprint density at radius 2 is 1.97 bits per heavy atom. The van der Waals surface area contributed by atoms with E-state index < -0.39 is 0 Å². The molecule has 6 rings (SSSR count). The van der Waals surface area contributed by atoms with E-state index >= 15 is 0 Å². The van der Waals surface area contributed by atoms with Gasteiger partial charge < -0.3 is 9.47 Å². The van der Waals surface area contributed by atoms with Gasteiger partial charge in [0.25, 0.3) is 0 Å². The first kappa shape index (κ1) is 20.2. The number of benzene rings is 1. The average molecular weight is 451 g/mol. The van der Waals surface area contributed by atoms with Gasteiger partial charge in [-0.2, -0.15) is 0 Å². The summed E-state index contributed by atoms with van der Waals surface area (Å²) in [5.74, 6) is 3.22. The van der Waals surface area contributed by atoms with Gasteiger partial charge >= 0.3 is 0 Å². The molecule has 1 aliphatic carbocycles. The molecule has 2 fully saturated rings. The van der Waals surface area contributed by atoms with E-state index in [1.807, 2.05) is 24.3 Å². The lowest BCUT2D eigenvalue weighted by atomic mass is 9.78. The van der Waals surface area contributed by atoms with Gasteiger partial charge in [0.1, 0.15) is 17.8 Å². The summed E-state index contributed by atoms with van der Waals surface area (Å²) in [5, 5.41) is 10.2. The molecule has 1 unspecified atom stereocenters. The topological polar surface area (TPSA) is 62.1 Å². The fourth-order valence-corrected chi connectivity index (χ4v) is 5.84. The molecule has 3 aromatic rings. The van der Waals surface area contributed by atoms with E-state index in [2.05, 4.69) is 21.7 Å². The minimum absolute atomic E-state index is 0.0895. The second kappa shape index (κ2) is 8.16. The van der Waals surface area contributed by atoms with E-state index in [4.69, 9.17) is 31.3 Å². The van der Waals surface area contributed by atoms with Crippen LogP contribution in [0.5, 0.6) is 5.88 Å². The summed E-state index contributed by atoms with van der Waals surface area (Å²) >= 11 is 6.41. The van der Waals surface area contributed by atoms with Crippen LogP contribution in [-0.2, 0) is 17.6 Å². The number of pyridine rings is 1. The van der Waals surface area contributed by atoms with Crippen molar-refractivity contribution >= 4 is 11.6 Å². The van der Waals surface area contributed by atoms with Crippen molar-refractivity contribution in [2.75, 3.05) is 13.2 Å². The summed E-state index contributed by atoms with van der Waals surface area (Å²) in [6, 6.07) is 12.0. The summed E-state index contributed by atoms with van der Waals surface area (Å²) in [5.41, 5.74) is 2.54. The Bertz CT molecular complexity index is 1100. The maximum Gasteiger partial charge on any atom is 0.213 e. The lowest BCUT2D eigenvalue weighted by Gasteiger charge is -2.28. The number of nitrogens with zero attached hydrogens (tertiary/aromatic N) is 4. The summed E-state index contributed by atoms with van der Waals surface area (Å²) < 4.78 is 14.3. The number of hydrogen-bond acceptors (Lipinski definition) is 5. The van der Waals surface area contributed by atoms with Crippen molar-refractivity contribution in [3.05, 3.63) is 64.8 Å². The third-order valence-electron chi connectivity index (χ3n) is 7.29. The molecule has 6 nitrogen and oxygen atoms in total. The normalized spacial score (nSPS) is 27.0. The highest BCUT2D eigenvalue weighted by molar-refractivity contribution is 6.30. The molecule has 32 heavy (non-hydrogen) atoms. The first-order chi connectivity index (χ1) is 15.7. The van der Waals surface area contributed by atoms with Crippen molar-refractivity contribution in [1.29, 1.82) is 0 Å². The molecule has 0 bridgehead atoms. The van der Waals surface area contributed by atoms with Gasteiger partial charge in [-0.05, 0) is 68.4 Å². The quantitative estimate of drug-likeness (QED) is 0.566. The Labute approximate surface area is 192 Å². The molecule has 0 N–H and O–H groups in total. The first-order valence-corrected chi connectivity index (χ1v) is 12.0. The Balaban J connectivity index is 1.28. The first-order valence-electron chi connectivity index (χ1n) is 11.6. The number of halogens is 1. The molecular formula is C25H27ClN4O2. The van der Waals surface area contributed by atoms with E-state index in [1.54, 1.807) is 6.20 Å². The molecular weight excluding hydrogens is 424 g/mol. The predicted octanol–water partition coefficient (Wildman–Crippen LogP) is 4.93. The van der Waals surface area contributed by atoms with E-state index in [1.165, 1.54) is 11.3 Å². The summed E-state index contributed by atoms with van der Waals surface area (Å²) in [4.78, 5) is 4.31. The number of fused-ring (bicyclic) bond motifs is 3. The molecule has 7 heteroatoms. The largest absolute Gasteiger partial charge is 0.474 e. The van der Waals surface area contributed by atoms with Gasteiger partial charge in [0.05, 0.1) is 12.3 Å². The van der Waals surface area contributed by atoms with Crippen LogP contribution in [-0.4, -0.2) is 39.1 Å². The Hall–Kier alpha value is -2.44. The third-order valence-corrected chi connectivity index (χ3v) is 7.52. The molecule has 1 spiro atoms. The summed E-state index contributed by atoms with van der Waals surface area (Å²) in [6.07, 6.45) is 8.96. The van der Waals surface area contributed by atoms with Crippen molar-refractivity contribution in [3.63, 3.8) is 0 Å². The van der Waals surface area contributed by atoms with Gasteiger partial charge in [-0.3, -0.25) is 4.57 Å². The van der Waals surface area contributed by atoms with E-state index in [0.29, 0.717) is 11.8 Å². The lowest BCUT2D eigenvalue weighted by molar-refractivity contribution is 0.139. The zero-order valence-electron chi connectivity index (χ0n) is 18.0. The highest BCUT2D eigenvalue weighted by atomic mass is 35.5. The fraction of sp³-hybridized carbons (Fsp3) is 0.480. The number of rotatable bonds is 3. The average Bonchev–Trinajstić information content (AvgIpc) is 3.40. The van der Waals surface area contributed by atoms with Crippen LogP contribution in [0.3, 0.4) is 0 Å². The number of hydrogen-bond donors (Lipinski definition) is 0. The Kier molecular flexibility index (Phi) is 5.15. The van der Waals surface area contributed by atoms with Gasteiger partial charge in [-0.1, -0.05) is 17.7 Å². The molecule has 3 aliphatic rings. The minimum atomic E-state index is 0.0895. The van der Waals surface area contributed by atoms with Crippen molar-refractivity contribution in [2.45, 2.75) is 57.0 Å². The second-order valence-corrected chi connectivity index (χ2v) is 9.93. The van der Waals surface area contributed by atoms with Gasteiger partial charge in [-0.25, -0.2) is 4.98 Å². The molecule has 0 radical (unpaired) electrons. The number of ether oxygens (including phenoxy) is 2. The standard InChI is InChI=1S/C25H27ClN4O2/c26-19-6-9-21-18(13-19)14-25(10-12-31-16-25)15-22-28-29-24(30(21)22)17-4-7-20(8-5-17)32-23-3-1-2-11-27-23/h1-3,6,9,11,13,17,20H,4-5,7-8,10,12,14-16H2. The molecule has 2 aliphatic heterocycles. The molecule has 1 saturated heterocycles. The Morgan fingerprint density at radius 3 is 2.75 bits per heavy atom. The maximum absolute atomic E-state index is 6.41. The molecule has 2 aromatic heterocycles. The van der Waals surface area contributed by atoms with Crippen LogP contribution in [0.2, 0.25) is 5.02 Å². The van der Waals surface area contributed by atoms with Gasteiger partial charge in [0, 0.05) is 41.6 Å². The number of aromatic nitrogens is 4. The SMILES string of the molecule is Clc1ccc2c(c1)CC1(CCOC1)Cc1nnc(C3CCC(Oc4ccccn4)CC3)n1-2. The fourth-order valence-electron chi connectivity index (χ4n) is 5.64. The molecule has 166 valence electrons. The van der Waals surface area contributed by atoms with Crippen molar-refractivity contribution in [1.82, 2.24) is 19.7 Å². The van der Waals surface area contributed by atoms with Crippen molar-refractivity contribution in [3.8, 4) is 11.6 Å². The van der Waals surface area contributed by atoms with Crippen LogP contribution < -0.4 is 4.74 Å². The molecule has 1 saturated carbocycles. The molecule has 0 amide bonds. The van der Waals surface area contributed by atoms with E-state index in [-0.39, 0.29) is 11.5 Å². The zero-order chi connectivity index (χ0) is 21.5. The van der Waals surface area contributed by atoms with Crippen LogP contribution in [0.15, 0.2) is 42.6 Å². The Morgan fingerprint density at radius 1 is 1.06 bits per heavy atom. The van der Waals surface area contributed by atoms with Gasteiger partial charge in [0.15, 0.2) is 0 Å². The zero-order valence-corrected chi connectivity index (χ0v) is 18.8. The van der Waals surface area contributed by atoms with Gasteiger partial charge in [0.2, 0.25) is 5.88 Å². The summed E-state index contributed by atoms with van der Waals surface area (Å²) in [6.45, 7) is 1.59. The second-order valence-electron chi connectivity index (χ2n) is 9.50. The van der Waals surface area contributed by atoms with Crippen LogP contribution in [0.4, 0.5) is 0 Å². The van der Waals surface area contributed by atoms with E-state index in [0.717, 1.165) is 74.8 Å². The van der Waals surface area contributed by atoms with Crippen LogP contribution in [0, 0.1) is 5.41 Å². The highest BCUT2D eigenvalue weighted by Gasteiger charge is 2.41. The molecule has 1 aromatic carbocycles. The molecule has 1 atom stereocenters. The predicted molar refractivity (Wildman–Crippen MR) is 122 cm³/mol. The lowest BCUT2D eigenvalue weighted by Crippen LogP contribution is -2.26. The highest BCUT2D eigenvalue weighted by Crippen LogP contribution is 2.43.